The highest BCUT2D eigenvalue weighted by atomic mass is 35.5. The van der Waals surface area contributed by atoms with Gasteiger partial charge in [0, 0.05) is 36.8 Å². The van der Waals surface area contributed by atoms with E-state index in [0.717, 1.165) is 12.1 Å². The maximum atomic E-state index is 12.9. The number of nitro groups is 1. The van der Waals surface area contributed by atoms with Gasteiger partial charge in [-0.2, -0.15) is 4.31 Å². The number of anilines is 1. The van der Waals surface area contributed by atoms with Gasteiger partial charge in [0.25, 0.3) is 5.69 Å². The van der Waals surface area contributed by atoms with Gasteiger partial charge in [0.05, 0.1) is 9.95 Å². The van der Waals surface area contributed by atoms with Gasteiger partial charge >= 0.3 is 0 Å². The van der Waals surface area contributed by atoms with Crippen LogP contribution in [-0.4, -0.2) is 36.6 Å². The van der Waals surface area contributed by atoms with Gasteiger partial charge in [0.15, 0.2) is 0 Å². The number of amides is 1. The van der Waals surface area contributed by atoms with E-state index in [1.165, 1.54) is 34.6 Å². The van der Waals surface area contributed by atoms with Crippen LogP contribution in [0.5, 0.6) is 0 Å². The van der Waals surface area contributed by atoms with E-state index in [4.69, 9.17) is 11.6 Å². The molecular weight excluding hydrogens is 425 g/mol. The van der Waals surface area contributed by atoms with Gasteiger partial charge in [-0.05, 0) is 43.2 Å². The van der Waals surface area contributed by atoms with Gasteiger partial charge in [0.1, 0.15) is 10.7 Å². The zero-order chi connectivity index (χ0) is 21.2. The Labute approximate surface area is 171 Å². The molecule has 0 atom stereocenters. The Bertz CT molecular complexity index is 1040. The summed E-state index contributed by atoms with van der Waals surface area (Å²) in [7, 11) is -4.04. The molecule has 8 nitrogen and oxygen atoms in total. The first kappa shape index (κ1) is 21.2. The van der Waals surface area contributed by atoms with E-state index < -0.39 is 26.7 Å². The zero-order valence-corrected chi connectivity index (χ0v) is 16.6. The van der Waals surface area contributed by atoms with Crippen LogP contribution in [0, 0.1) is 21.8 Å². The lowest BCUT2D eigenvalue weighted by Gasteiger charge is -2.30. The lowest BCUT2D eigenvalue weighted by molar-refractivity contribution is -0.385. The summed E-state index contributed by atoms with van der Waals surface area (Å²) >= 11 is 5.97. The fourth-order valence-electron chi connectivity index (χ4n) is 3.08. The summed E-state index contributed by atoms with van der Waals surface area (Å²) in [5.41, 5.74) is 0.0800. The topological polar surface area (TPSA) is 110 Å². The Hall–Kier alpha value is -2.56. The van der Waals surface area contributed by atoms with E-state index in [2.05, 4.69) is 5.32 Å². The largest absolute Gasteiger partial charge is 0.326 e. The predicted molar refractivity (Wildman–Crippen MR) is 105 cm³/mol. The minimum Gasteiger partial charge on any atom is -0.326 e. The molecule has 0 saturated carbocycles. The van der Waals surface area contributed by atoms with Crippen molar-refractivity contribution in [3.63, 3.8) is 0 Å². The maximum absolute atomic E-state index is 12.9. The van der Waals surface area contributed by atoms with E-state index >= 15 is 0 Å². The summed E-state index contributed by atoms with van der Waals surface area (Å²) in [6.45, 7) is 0.145. The number of nitrogens with zero attached hydrogens (tertiary/aromatic N) is 2. The first-order chi connectivity index (χ1) is 13.7. The summed E-state index contributed by atoms with van der Waals surface area (Å²) in [5.74, 6) is -1.10. The normalized spacial score (nSPS) is 15.8. The highest BCUT2D eigenvalue weighted by molar-refractivity contribution is 7.89. The summed E-state index contributed by atoms with van der Waals surface area (Å²) in [6, 6.07) is 8.59. The number of nitrogens with one attached hydrogen (secondary N) is 1. The minimum atomic E-state index is -4.04. The maximum Gasteiger partial charge on any atom is 0.270 e. The fourth-order valence-corrected chi connectivity index (χ4v) is 5.04. The van der Waals surface area contributed by atoms with E-state index in [0.29, 0.717) is 5.69 Å². The molecule has 1 aliphatic rings. The zero-order valence-electron chi connectivity index (χ0n) is 15.0. The SMILES string of the molecule is O=C(Nc1ccc(F)cc1)C1CCN(S(=O)(=O)c2cc([N+](=O)[O-])ccc2Cl)CC1. The summed E-state index contributed by atoms with van der Waals surface area (Å²) in [5, 5.41) is 13.5. The van der Waals surface area contributed by atoms with Crippen LogP contribution in [0.4, 0.5) is 15.8 Å². The molecule has 29 heavy (non-hydrogen) atoms. The molecule has 0 bridgehead atoms. The van der Waals surface area contributed by atoms with Crippen molar-refractivity contribution >= 4 is 38.9 Å². The van der Waals surface area contributed by atoms with Gasteiger partial charge in [-0.3, -0.25) is 14.9 Å². The summed E-state index contributed by atoms with van der Waals surface area (Å²) in [4.78, 5) is 22.3. The number of carbonyl (C=O) groups excluding carboxylic acids is 1. The molecular formula is C18H17ClFN3O5S. The van der Waals surface area contributed by atoms with Crippen LogP contribution < -0.4 is 5.32 Å². The second-order valence-electron chi connectivity index (χ2n) is 6.55. The molecule has 1 aliphatic heterocycles. The predicted octanol–water partition coefficient (Wildman–Crippen LogP) is 3.43. The Morgan fingerprint density at radius 2 is 1.79 bits per heavy atom. The molecule has 0 radical (unpaired) electrons. The van der Waals surface area contributed by atoms with Gasteiger partial charge in [-0.1, -0.05) is 11.6 Å². The third-order valence-electron chi connectivity index (χ3n) is 4.68. The van der Waals surface area contributed by atoms with Crippen LogP contribution >= 0.6 is 11.6 Å². The number of hydrogen-bond donors (Lipinski definition) is 1. The number of benzene rings is 2. The molecule has 0 aliphatic carbocycles. The van der Waals surface area contributed by atoms with Crippen molar-refractivity contribution in [1.82, 2.24) is 4.31 Å². The number of carbonyl (C=O) groups is 1. The standard InChI is InChI=1S/C18H17ClFN3O5S/c19-16-6-5-15(23(25)26)11-17(16)29(27,28)22-9-7-12(8-10-22)18(24)21-14-3-1-13(20)2-4-14/h1-6,11-12H,7-10H2,(H,21,24). The van der Waals surface area contributed by atoms with Crippen LogP contribution in [0.25, 0.3) is 0 Å². The molecule has 1 N–H and O–H groups in total. The molecule has 2 aromatic carbocycles. The summed E-state index contributed by atoms with van der Waals surface area (Å²) < 4.78 is 39.8. The third kappa shape index (κ3) is 4.72. The Morgan fingerprint density at radius 1 is 1.17 bits per heavy atom. The second kappa shape index (κ2) is 8.44. The van der Waals surface area contributed by atoms with Crippen molar-refractivity contribution in [3.8, 4) is 0 Å². The molecule has 154 valence electrons. The Balaban J connectivity index is 1.68. The van der Waals surface area contributed by atoms with E-state index in [9.17, 15) is 27.7 Å². The first-order valence-corrected chi connectivity index (χ1v) is 10.5. The second-order valence-corrected chi connectivity index (χ2v) is 8.86. The van der Waals surface area contributed by atoms with Gasteiger partial charge in [0.2, 0.25) is 15.9 Å². The highest BCUT2D eigenvalue weighted by Gasteiger charge is 2.34. The lowest BCUT2D eigenvalue weighted by atomic mass is 9.97. The van der Waals surface area contributed by atoms with E-state index in [1.807, 2.05) is 0 Å². The van der Waals surface area contributed by atoms with Crippen molar-refractivity contribution in [2.75, 3.05) is 18.4 Å². The first-order valence-electron chi connectivity index (χ1n) is 8.69. The van der Waals surface area contributed by atoms with Gasteiger partial charge in [-0.15, -0.1) is 0 Å². The van der Waals surface area contributed by atoms with E-state index in [1.54, 1.807) is 0 Å². The van der Waals surface area contributed by atoms with Crippen molar-refractivity contribution in [1.29, 1.82) is 0 Å². The minimum absolute atomic E-state index is 0.0723. The number of non-ortho nitro benzene ring substituents is 1. The van der Waals surface area contributed by atoms with Crippen molar-refractivity contribution in [2.24, 2.45) is 5.92 Å². The average Bonchev–Trinajstić information content (AvgIpc) is 2.69. The average molecular weight is 442 g/mol. The molecule has 1 saturated heterocycles. The van der Waals surface area contributed by atoms with Crippen LogP contribution in [0.1, 0.15) is 12.8 Å². The quantitative estimate of drug-likeness (QED) is 0.564. The third-order valence-corrected chi connectivity index (χ3v) is 7.06. The molecule has 1 heterocycles. The van der Waals surface area contributed by atoms with Crippen molar-refractivity contribution < 1.29 is 22.5 Å². The number of hydrogen-bond acceptors (Lipinski definition) is 5. The monoisotopic (exact) mass is 441 g/mol. The van der Waals surface area contributed by atoms with Crippen molar-refractivity contribution in [2.45, 2.75) is 17.7 Å². The number of piperidine rings is 1. The molecule has 0 aromatic heterocycles. The number of rotatable bonds is 5. The lowest BCUT2D eigenvalue weighted by Crippen LogP contribution is -2.41. The molecule has 2 aromatic rings. The molecule has 1 amide bonds. The molecule has 0 unspecified atom stereocenters. The van der Waals surface area contributed by atoms with Gasteiger partial charge in [-0.25, -0.2) is 12.8 Å². The smallest absolute Gasteiger partial charge is 0.270 e. The van der Waals surface area contributed by atoms with Crippen LogP contribution in [-0.2, 0) is 14.8 Å². The Kier molecular flexibility index (Phi) is 6.15. The van der Waals surface area contributed by atoms with Crippen LogP contribution in [0.15, 0.2) is 47.4 Å². The summed E-state index contributed by atoms with van der Waals surface area (Å²) in [6.07, 6.45) is 0.553. The molecule has 3 rings (SSSR count). The number of sulfonamides is 1. The highest BCUT2D eigenvalue weighted by Crippen LogP contribution is 2.31. The van der Waals surface area contributed by atoms with Crippen molar-refractivity contribution in [3.05, 3.63) is 63.4 Å². The Morgan fingerprint density at radius 3 is 2.38 bits per heavy atom. The molecule has 1 fully saturated rings. The van der Waals surface area contributed by atoms with Crippen LogP contribution in [0.2, 0.25) is 5.02 Å². The number of nitro benzene ring substituents is 1. The molecule has 11 heteroatoms. The number of halogens is 2. The fraction of sp³-hybridized carbons (Fsp3) is 0.278. The van der Waals surface area contributed by atoms with Gasteiger partial charge < -0.3 is 5.32 Å². The molecule has 0 spiro atoms. The van der Waals surface area contributed by atoms with E-state index in [-0.39, 0.29) is 47.4 Å². The van der Waals surface area contributed by atoms with Crippen LogP contribution in [0.3, 0.4) is 0 Å².